The van der Waals surface area contributed by atoms with Crippen molar-refractivity contribution < 1.29 is 13.0 Å². The molecule has 1 aromatic carbocycles. The second-order valence-electron chi connectivity index (χ2n) is 4.02. The highest BCUT2D eigenvalue weighted by Crippen LogP contribution is 2.18. The van der Waals surface area contributed by atoms with Gasteiger partial charge >= 0.3 is 0 Å². The lowest BCUT2D eigenvalue weighted by molar-refractivity contribution is 0.481. The minimum Gasteiger partial charge on any atom is -0.344 e. The quantitative estimate of drug-likeness (QED) is 0.798. The fourth-order valence-electron chi connectivity index (χ4n) is 1.41. The molecule has 0 fully saturated rings. The molecule has 0 aliphatic heterocycles. The number of benzene rings is 1. The van der Waals surface area contributed by atoms with Crippen LogP contribution in [0.25, 0.3) is 0 Å². The Hall–Kier alpha value is -0.910. The van der Waals surface area contributed by atoms with Crippen molar-refractivity contribution in [2.45, 2.75) is 31.6 Å². The van der Waals surface area contributed by atoms with Crippen LogP contribution in [-0.2, 0) is 16.5 Å². The smallest absolute Gasteiger partial charge is 0.294 e. The van der Waals surface area contributed by atoms with Gasteiger partial charge in [-0.3, -0.25) is 4.55 Å². The van der Waals surface area contributed by atoms with E-state index in [4.69, 9.17) is 4.55 Å². The Balaban J connectivity index is 0.00000225. The SMILES string of the molecule is CC(C)CCc1ccccc1S(=O)(=O)O.N. The van der Waals surface area contributed by atoms with Crippen LogP contribution >= 0.6 is 0 Å². The van der Waals surface area contributed by atoms with Gasteiger partial charge in [0.05, 0.1) is 4.90 Å². The maximum Gasteiger partial charge on any atom is 0.294 e. The Labute approximate surface area is 97.0 Å². The standard InChI is InChI=1S/C11H16O3S.H3N/c1-9(2)7-8-10-5-3-4-6-11(10)15(12,13)14;/h3-6,9H,7-8H2,1-2H3,(H,12,13,14);1H3. The van der Waals surface area contributed by atoms with E-state index in [0.717, 1.165) is 6.42 Å². The predicted molar refractivity (Wildman–Crippen MR) is 64.4 cm³/mol. The second kappa shape index (κ2) is 5.98. The Morgan fingerprint density at radius 2 is 1.81 bits per heavy atom. The van der Waals surface area contributed by atoms with E-state index in [1.165, 1.54) is 6.07 Å². The first kappa shape index (κ1) is 15.1. The summed E-state index contributed by atoms with van der Waals surface area (Å²) in [6.45, 7) is 4.16. The van der Waals surface area contributed by atoms with E-state index >= 15 is 0 Å². The molecule has 0 amide bonds. The van der Waals surface area contributed by atoms with Gasteiger partial charge in [-0.1, -0.05) is 32.0 Å². The van der Waals surface area contributed by atoms with Crippen LogP contribution in [0.5, 0.6) is 0 Å². The van der Waals surface area contributed by atoms with E-state index in [-0.39, 0.29) is 11.0 Å². The molecule has 0 spiro atoms. The van der Waals surface area contributed by atoms with Crippen molar-refractivity contribution in [2.24, 2.45) is 5.92 Å². The Morgan fingerprint density at radius 3 is 2.31 bits per heavy atom. The Bertz CT molecular complexity index is 427. The lowest BCUT2D eigenvalue weighted by Crippen LogP contribution is -2.04. The second-order valence-corrected chi connectivity index (χ2v) is 5.41. The van der Waals surface area contributed by atoms with Gasteiger partial charge in [0.25, 0.3) is 10.1 Å². The summed E-state index contributed by atoms with van der Waals surface area (Å²) in [6.07, 6.45) is 1.58. The summed E-state index contributed by atoms with van der Waals surface area (Å²) in [7, 11) is -4.08. The van der Waals surface area contributed by atoms with E-state index in [1.807, 2.05) is 0 Å². The summed E-state index contributed by atoms with van der Waals surface area (Å²) in [6, 6.07) is 6.57. The molecule has 0 saturated carbocycles. The zero-order chi connectivity index (χ0) is 11.5. The van der Waals surface area contributed by atoms with Crippen molar-refractivity contribution in [3.63, 3.8) is 0 Å². The molecule has 1 rings (SSSR count). The van der Waals surface area contributed by atoms with Crippen LogP contribution in [0.4, 0.5) is 0 Å². The summed E-state index contributed by atoms with van der Waals surface area (Å²) < 4.78 is 31.1. The van der Waals surface area contributed by atoms with Crippen LogP contribution in [0.3, 0.4) is 0 Å². The summed E-state index contributed by atoms with van der Waals surface area (Å²) in [4.78, 5) is 0.0330. The molecular formula is C11H19NO3S. The zero-order valence-corrected chi connectivity index (χ0v) is 10.5. The van der Waals surface area contributed by atoms with E-state index in [2.05, 4.69) is 13.8 Å². The highest BCUT2D eigenvalue weighted by Gasteiger charge is 2.14. The Morgan fingerprint density at radius 1 is 1.25 bits per heavy atom. The molecule has 0 aliphatic rings. The zero-order valence-electron chi connectivity index (χ0n) is 9.68. The largest absolute Gasteiger partial charge is 0.344 e. The minimum atomic E-state index is -4.08. The number of hydrogen-bond acceptors (Lipinski definition) is 3. The molecule has 1 aromatic rings. The minimum absolute atomic E-state index is 0. The third kappa shape index (κ3) is 4.30. The van der Waals surface area contributed by atoms with E-state index in [1.54, 1.807) is 18.2 Å². The summed E-state index contributed by atoms with van der Waals surface area (Å²) >= 11 is 0. The molecule has 4 nitrogen and oxygen atoms in total. The molecule has 0 bridgehead atoms. The van der Waals surface area contributed by atoms with E-state index < -0.39 is 10.1 Å². The predicted octanol–water partition coefficient (Wildman–Crippen LogP) is 2.68. The summed E-state index contributed by atoms with van der Waals surface area (Å²) in [5.74, 6) is 0.513. The van der Waals surface area contributed by atoms with Gasteiger partial charge in [-0.05, 0) is 30.4 Å². The number of aryl methyl sites for hydroxylation is 1. The molecule has 0 unspecified atom stereocenters. The molecule has 16 heavy (non-hydrogen) atoms. The van der Waals surface area contributed by atoms with Gasteiger partial charge in [0, 0.05) is 0 Å². The first-order valence-electron chi connectivity index (χ1n) is 4.96. The van der Waals surface area contributed by atoms with E-state index in [0.29, 0.717) is 17.9 Å². The molecule has 0 heterocycles. The summed E-state index contributed by atoms with van der Waals surface area (Å²) in [5.41, 5.74) is 0.689. The van der Waals surface area contributed by atoms with Crippen LogP contribution in [-0.4, -0.2) is 13.0 Å². The molecule has 92 valence electrons. The average molecular weight is 245 g/mol. The molecule has 0 aliphatic carbocycles. The van der Waals surface area contributed by atoms with Gasteiger partial charge in [0.2, 0.25) is 0 Å². The third-order valence-electron chi connectivity index (χ3n) is 2.24. The molecule has 0 aromatic heterocycles. The van der Waals surface area contributed by atoms with Gasteiger partial charge in [-0.2, -0.15) is 8.42 Å². The lowest BCUT2D eigenvalue weighted by Gasteiger charge is -2.08. The van der Waals surface area contributed by atoms with Gasteiger partial charge < -0.3 is 6.15 Å². The molecular weight excluding hydrogens is 226 g/mol. The van der Waals surface area contributed by atoms with Gasteiger partial charge in [0.1, 0.15) is 0 Å². The number of rotatable bonds is 4. The van der Waals surface area contributed by atoms with Gasteiger partial charge in [-0.15, -0.1) is 0 Å². The van der Waals surface area contributed by atoms with Crippen molar-refractivity contribution in [2.75, 3.05) is 0 Å². The normalized spacial score (nSPS) is 11.2. The first-order valence-corrected chi connectivity index (χ1v) is 6.40. The van der Waals surface area contributed by atoms with Crippen molar-refractivity contribution >= 4 is 10.1 Å². The molecule has 4 N–H and O–H groups in total. The highest BCUT2D eigenvalue weighted by atomic mass is 32.2. The lowest BCUT2D eigenvalue weighted by atomic mass is 10.0. The fourth-order valence-corrected chi connectivity index (χ4v) is 2.16. The maximum atomic E-state index is 11.1. The average Bonchev–Trinajstić information content (AvgIpc) is 2.13. The summed E-state index contributed by atoms with van der Waals surface area (Å²) in [5, 5.41) is 0. The molecule has 0 saturated heterocycles. The Kier molecular flexibility index (Phi) is 5.64. The molecule has 0 atom stereocenters. The van der Waals surface area contributed by atoms with Crippen molar-refractivity contribution in [3.8, 4) is 0 Å². The topological polar surface area (TPSA) is 89.4 Å². The maximum absolute atomic E-state index is 11.1. The number of hydrogen-bond donors (Lipinski definition) is 2. The molecule has 0 radical (unpaired) electrons. The van der Waals surface area contributed by atoms with Gasteiger partial charge in [-0.25, -0.2) is 0 Å². The van der Waals surface area contributed by atoms with Crippen LogP contribution in [0.2, 0.25) is 0 Å². The van der Waals surface area contributed by atoms with E-state index in [9.17, 15) is 8.42 Å². The fraction of sp³-hybridized carbons (Fsp3) is 0.455. The van der Waals surface area contributed by atoms with Crippen LogP contribution in [0.1, 0.15) is 25.8 Å². The monoisotopic (exact) mass is 245 g/mol. The van der Waals surface area contributed by atoms with Crippen molar-refractivity contribution in [1.82, 2.24) is 6.15 Å². The van der Waals surface area contributed by atoms with Crippen LogP contribution in [0.15, 0.2) is 29.2 Å². The van der Waals surface area contributed by atoms with Crippen molar-refractivity contribution in [3.05, 3.63) is 29.8 Å². The first-order chi connectivity index (χ1) is 6.91. The van der Waals surface area contributed by atoms with Crippen molar-refractivity contribution in [1.29, 1.82) is 0 Å². The third-order valence-corrected chi connectivity index (χ3v) is 3.20. The van der Waals surface area contributed by atoms with Gasteiger partial charge in [0.15, 0.2) is 0 Å². The highest BCUT2D eigenvalue weighted by molar-refractivity contribution is 7.85. The van der Waals surface area contributed by atoms with Crippen LogP contribution in [0, 0.1) is 5.92 Å². The van der Waals surface area contributed by atoms with Crippen LogP contribution < -0.4 is 6.15 Å². The molecule has 5 heteroatoms.